The quantitative estimate of drug-likeness (QED) is 0.674. The van der Waals surface area contributed by atoms with Crippen molar-refractivity contribution in [1.29, 1.82) is 0 Å². The smallest absolute Gasteiger partial charge is 0.0628 e. The van der Waals surface area contributed by atoms with Gasteiger partial charge < -0.3 is 15.3 Å². The first-order valence-corrected chi connectivity index (χ1v) is 7.13. The van der Waals surface area contributed by atoms with Gasteiger partial charge in [-0.2, -0.15) is 0 Å². The Morgan fingerprint density at radius 1 is 1.29 bits per heavy atom. The average molecular weight is 240 g/mol. The predicted molar refractivity (Wildman–Crippen MR) is 71.0 cm³/mol. The molecule has 100 valence electrons. The van der Waals surface area contributed by atoms with Gasteiger partial charge >= 0.3 is 0 Å². The van der Waals surface area contributed by atoms with Crippen LogP contribution in [-0.2, 0) is 0 Å². The van der Waals surface area contributed by atoms with E-state index in [-0.39, 0.29) is 12.1 Å². The van der Waals surface area contributed by atoms with Crippen LogP contribution in [0.3, 0.4) is 0 Å². The molecular formula is C14H28N2O. The van der Waals surface area contributed by atoms with Crippen LogP contribution in [0.25, 0.3) is 0 Å². The summed E-state index contributed by atoms with van der Waals surface area (Å²) in [6.07, 6.45) is 5.16. The van der Waals surface area contributed by atoms with Gasteiger partial charge in [-0.15, -0.1) is 0 Å². The highest BCUT2D eigenvalue weighted by Gasteiger charge is 2.47. The zero-order chi connectivity index (χ0) is 12.5. The van der Waals surface area contributed by atoms with Gasteiger partial charge in [0.2, 0.25) is 0 Å². The number of rotatable bonds is 8. The first-order chi connectivity index (χ1) is 8.05. The second-order valence-corrected chi connectivity index (χ2v) is 6.60. The van der Waals surface area contributed by atoms with Gasteiger partial charge in [-0.25, -0.2) is 0 Å². The number of likely N-dealkylation sites (N-methyl/N-ethyl adjacent to an activating group) is 1. The fourth-order valence-electron chi connectivity index (χ4n) is 2.96. The maximum absolute atomic E-state index is 9.86. The summed E-state index contributed by atoms with van der Waals surface area (Å²) in [5, 5.41) is 13.6. The van der Waals surface area contributed by atoms with Crippen molar-refractivity contribution in [3.05, 3.63) is 0 Å². The van der Waals surface area contributed by atoms with Gasteiger partial charge in [0.05, 0.1) is 12.1 Å². The van der Waals surface area contributed by atoms with Gasteiger partial charge in [0, 0.05) is 19.1 Å². The Balaban J connectivity index is 1.93. The standard InChI is InChI=1S/C14H28N2O/c1-11(2)8-16(3)9-14(10-17,12-4-5-12)15-13-6-7-13/h11-13,15,17H,4-10H2,1-3H3. The molecule has 0 heterocycles. The molecule has 0 saturated heterocycles. The van der Waals surface area contributed by atoms with Crippen LogP contribution in [0.2, 0.25) is 0 Å². The highest BCUT2D eigenvalue weighted by atomic mass is 16.3. The number of hydrogen-bond donors (Lipinski definition) is 2. The van der Waals surface area contributed by atoms with Crippen LogP contribution < -0.4 is 5.32 Å². The lowest BCUT2D eigenvalue weighted by molar-refractivity contribution is 0.0947. The van der Waals surface area contributed by atoms with Crippen molar-refractivity contribution in [3.63, 3.8) is 0 Å². The summed E-state index contributed by atoms with van der Waals surface area (Å²) in [5.41, 5.74) is -0.0230. The molecule has 0 aromatic rings. The van der Waals surface area contributed by atoms with Crippen molar-refractivity contribution in [2.24, 2.45) is 11.8 Å². The van der Waals surface area contributed by atoms with Crippen molar-refractivity contribution >= 4 is 0 Å². The third-order valence-corrected chi connectivity index (χ3v) is 3.94. The van der Waals surface area contributed by atoms with E-state index >= 15 is 0 Å². The van der Waals surface area contributed by atoms with Gasteiger partial charge in [-0.05, 0) is 44.6 Å². The van der Waals surface area contributed by atoms with Crippen LogP contribution in [0.1, 0.15) is 39.5 Å². The van der Waals surface area contributed by atoms with Crippen LogP contribution in [0.5, 0.6) is 0 Å². The van der Waals surface area contributed by atoms with Crippen molar-refractivity contribution in [3.8, 4) is 0 Å². The van der Waals surface area contributed by atoms with Crippen molar-refractivity contribution in [2.75, 3.05) is 26.7 Å². The van der Waals surface area contributed by atoms with E-state index in [2.05, 4.69) is 31.1 Å². The monoisotopic (exact) mass is 240 g/mol. The maximum atomic E-state index is 9.86. The largest absolute Gasteiger partial charge is 0.394 e. The lowest BCUT2D eigenvalue weighted by Gasteiger charge is -2.38. The molecule has 0 aliphatic heterocycles. The summed E-state index contributed by atoms with van der Waals surface area (Å²) < 4.78 is 0. The Labute approximate surface area is 106 Å². The molecule has 3 nitrogen and oxygen atoms in total. The number of nitrogens with zero attached hydrogens (tertiary/aromatic N) is 1. The van der Waals surface area contributed by atoms with Crippen LogP contribution in [0, 0.1) is 11.8 Å². The molecule has 1 unspecified atom stereocenters. The molecule has 0 bridgehead atoms. The van der Waals surface area contributed by atoms with E-state index in [4.69, 9.17) is 0 Å². The second-order valence-electron chi connectivity index (χ2n) is 6.60. The summed E-state index contributed by atoms with van der Waals surface area (Å²) in [6.45, 7) is 6.89. The summed E-state index contributed by atoms with van der Waals surface area (Å²) in [6, 6.07) is 0.676. The lowest BCUT2D eigenvalue weighted by Crippen LogP contribution is -2.58. The van der Waals surface area contributed by atoms with E-state index in [9.17, 15) is 5.11 Å². The SMILES string of the molecule is CC(C)CN(C)CC(CO)(NC1CC1)C1CC1. The maximum Gasteiger partial charge on any atom is 0.0628 e. The van der Waals surface area contributed by atoms with Crippen molar-refractivity contribution < 1.29 is 5.11 Å². The predicted octanol–water partition coefficient (Wildman–Crippen LogP) is 1.47. The van der Waals surface area contributed by atoms with Gasteiger partial charge in [-0.3, -0.25) is 0 Å². The van der Waals surface area contributed by atoms with Gasteiger partial charge in [0.15, 0.2) is 0 Å². The molecule has 2 fully saturated rings. The lowest BCUT2D eigenvalue weighted by atomic mass is 9.92. The molecule has 1 atom stereocenters. The first kappa shape index (κ1) is 13.3. The first-order valence-electron chi connectivity index (χ1n) is 7.13. The summed E-state index contributed by atoms with van der Waals surface area (Å²) >= 11 is 0. The number of aliphatic hydroxyl groups is 1. The Morgan fingerprint density at radius 2 is 1.94 bits per heavy atom. The summed E-state index contributed by atoms with van der Waals surface area (Å²) in [5.74, 6) is 1.39. The fourth-order valence-corrected chi connectivity index (χ4v) is 2.96. The van der Waals surface area contributed by atoms with Gasteiger partial charge in [0.1, 0.15) is 0 Å². The molecular weight excluding hydrogens is 212 g/mol. The van der Waals surface area contributed by atoms with Gasteiger partial charge in [0.25, 0.3) is 0 Å². The molecule has 2 rings (SSSR count). The van der Waals surface area contributed by atoms with E-state index < -0.39 is 0 Å². The van der Waals surface area contributed by atoms with E-state index in [0.29, 0.717) is 17.9 Å². The zero-order valence-electron chi connectivity index (χ0n) is 11.6. The average Bonchev–Trinajstić information content (AvgIpc) is 3.09. The Bertz CT molecular complexity index is 249. The molecule has 0 aromatic carbocycles. The van der Waals surface area contributed by atoms with E-state index in [0.717, 1.165) is 13.1 Å². The van der Waals surface area contributed by atoms with Crippen molar-refractivity contribution in [1.82, 2.24) is 10.2 Å². The zero-order valence-corrected chi connectivity index (χ0v) is 11.6. The minimum Gasteiger partial charge on any atom is -0.394 e. The number of hydrogen-bond acceptors (Lipinski definition) is 3. The molecule has 0 aromatic heterocycles. The minimum absolute atomic E-state index is 0.0230. The Kier molecular flexibility index (Phi) is 4.11. The number of aliphatic hydroxyl groups excluding tert-OH is 1. The normalized spacial score (nSPS) is 24.4. The molecule has 17 heavy (non-hydrogen) atoms. The third-order valence-electron chi connectivity index (χ3n) is 3.94. The minimum atomic E-state index is -0.0230. The molecule has 3 heteroatoms. The van der Waals surface area contributed by atoms with Crippen LogP contribution >= 0.6 is 0 Å². The molecule has 2 aliphatic carbocycles. The fraction of sp³-hybridized carbons (Fsp3) is 1.00. The molecule has 0 radical (unpaired) electrons. The molecule has 2 N–H and O–H groups in total. The van der Waals surface area contributed by atoms with Crippen molar-refractivity contribution in [2.45, 2.75) is 51.1 Å². The van der Waals surface area contributed by atoms with Gasteiger partial charge in [-0.1, -0.05) is 13.8 Å². The van der Waals surface area contributed by atoms with Crippen LogP contribution in [0.15, 0.2) is 0 Å². The summed E-state index contributed by atoms with van der Waals surface area (Å²) in [7, 11) is 2.18. The summed E-state index contributed by atoms with van der Waals surface area (Å²) in [4.78, 5) is 2.38. The van der Waals surface area contributed by atoms with E-state index in [1.807, 2.05) is 0 Å². The molecule has 0 amide bonds. The second kappa shape index (κ2) is 5.25. The third kappa shape index (κ3) is 3.67. The molecule has 0 spiro atoms. The highest BCUT2D eigenvalue weighted by Crippen LogP contribution is 2.41. The Hall–Kier alpha value is -0.120. The van der Waals surface area contributed by atoms with E-state index in [1.165, 1.54) is 25.7 Å². The van der Waals surface area contributed by atoms with Crippen LogP contribution in [0.4, 0.5) is 0 Å². The van der Waals surface area contributed by atoms with Crippen LogP contribution in [-0.4, -0.2) is 48.3 Å². The topological polar surface area (TPSA) is 35.5 Å². The Morgan fingerprint density at radius 3 is 2.35 bits per heavy atom. The van der Waals surface area contributed by atoms with E-state index in [1.54, 1.807) is 0 Å². The highest BCUT2D eigenvalue weighted by molar-refractivity contribution is 5.05. The molecule has 2 aliphatic rings. The molecule has 2 saturated carbocycles. The number of nitrogens with one attached hydrogen (secondary N) is 1.